The van der Waals surface area contributed by atoms with Gasteiger partial charge in [-0.25, -0.2) is 9.50 Å². The minimum absolute atomic E-state index is 0.182. The van der Waals surface area contributed by atoms with Gasteiger partial charge in [0.15, 0.2) is 11.5 Å². The Kier molecular flexibility index (Phi) is 2.52. The highest BCUT2D eigenvalue weighted by Gasteiger charge is 2.23. The third-order valence-corrected chi connectivity index (χ3v) is 2.88. The van der Waals surface area contributed by atoms with Gasteiger partial charge in [0.25, 0.3) is 0 Å². The molecule has 0 aliphatic carbocycles. The number of hydrogen-bond donors (Lipinski definition) is 1. The number of pyridine rings is 1. The molecular formula is C10H13BrN4. The molecular weight excluding hydrogens is 256 g/mol. The molecule has 15 heavy (non-hydrogen) atoms. The first kappa shape index (κ1) is 10.6. The minimum atomic E-state index is -0.182. The Hall–Kier alpha value is -0.940. The summed E-state index contributed by atoms with van der Waals surface area (Å²) in [5, 5.41) is 4.41. The molecule has 5 heteroatoms. The van der Waals surface area contributed by atoms with Gasteiger partial charge in [0.1, 0.15) is 0 Å². The highest BCUT2D eigenvalue weighted by molar-refractivity contribution is 9.10. The summed E-state index contributed by atoms with van der Waals surface area (Å²) in [6, 6.07) is 3.87. The second kappa shape index (κ2) is 3.57. The van der Waals surface area contributed by atoms with Gasteiger partial charge in [0.2, 0.25) is 0 Å². The lowest BCUT2D eigenvalue weighted by molar-refractivity contribution is 0.502. The van der Waals surface area contributed by atoms with Crippen LogP contribution in [0, 0.1) is 0 Å². The molecule has 2 aromatic heterocycles. The van der Waals surface area contributed by atoms with Gasteiger partial charge in [0.05, 0.1) is 0 Å². The van der Waals surface area contributed by atoms with E-state index in [9.17, 15) is 0 Å². The Balaban J connectivity index is 2.56. The van der Waals surface area contributed by atoms with Crippen molar-refractivity contribution in [3.63, 3.8) is 0 Å². The van der Waals surface area contributed by atoms with Gasteiger partial charge in [-0.05, 0) is 28.1 Å². The highest BCUT2D eigenvalue weighted by Crippen LogP contribution is 2.19. The third kappa shape index (κ3) is 1.89. The molecule has 2 heterocycles. The number of halogens is 1. The smallest absolute Gasteiger partial charge is 0.158 e. The number of fused-ring (bicyclic) bond motifs is 1. The molecule has 4 nitrogen and oxygen atoms in total. The van der Waals surface area contributed by atoms with Crippen LogP contribution in [0.1, 0.15) is 19.7 Å². The van der Waals surface area contributed by atoms with Crippen molar-refractivity contribution in [3.05, 3.63) is 28.6 Å². The second-order valence-electron chi connectivity index (χ2n) is 4.17. The summed E-state index contributed by atoms with van der Waals surface area (Å²) in [5.41, 5.74) is 6.35. The summed E-state index contributed by atoms with van der Waals surface area (Å²) in [6.07, 6.45) is 1.89. The zero-order valence-corrected chi connectivity index (χ0v) is 10.3. The van der Waals surface area contributed by atoms with Crippen LogP contribution in [0.3, 0.4) is 0 Å². The van der Waals surface area contributed by atoms with E-state index in [0.717, 1.165) is 15.9 Å². The highest BCUT2D eigenvalue weighted by atomic mass is 79.9. The van der Waals surface area contributed by atoms with Gasteiger partial charge in [-0.15, -0.1) is 0 Å². The Bertz CT molecular complexity index is 489. The van der Waals surface area contributed by atoms with Gasteiger partial charge in [0, 0.05) is 22.6 Å². The molecule has 0 radical (unpaired) electrons. The normalized spacial score (nSPS) is 12.3. The van der Waals surface area contributed by atoms with Crippen LogP contribution in [0.4, 0.5) is 0 Å². The van der Waals surface area contributed by atoms with Crippen LogP contribution >= 0.6 is 15.9 Å². The summed E-state index contributed by atoms with van der Waals surface area (Å²) in [6.45, 7) is 4.61. The number of hydrogen-bond acceptors (Lipinski definition) is 3. The molecule has 0 fully saturated rings. The number of aromatic nitrogens is 3. The molecule has 0 saturated heterocycles. The molecule has 0 aromatic carbocycles. The standard InChI is InChI=1S/C10H13BrN4/c1-10(2,6-12)9-13-8-4-3-7(11)5-15(8)14-9/h3-5H,6,12H2,1-2H3. The van der Waals surface area contributed by atoms with E-state index in [2.05, 4.69) is 26.0 Å². The van der Waals surface area contributed by atoms with E-state index >= 15 is 0 Å². The molecule has 80 valence electrons. The maximum atomic E-state index is 5.69. The topological polar surface area (TPSA) is 56.2 Å². The first-order valence-electron chi connectivity index (χ1n) is 4.75. The van der Waals surface area contributed by atoms with Gasteiger partial charge >= 0.3 is 0 Å². The van der Waals surface area contributed by atoms with E-state index in [1.807, 2.05) is 32.2 Å². The molecule has 0 saturated carbocycles. The van der Waals surface area contributed by atoms with E-state index in [0.29, 0.717) is 6.54 Å². The number of rotatable bonds is 2. The van der Waals surface area contributed by atoms with E-state index in [1.165, 1.54) is 0 Å². The summed E-state index contributed by atoms with van der Waals surface area (Å²) in [7, 11) is 0. The zero-order valence-electron chi connectivity index (χ0n) is 8.74. The first-order chi connectivity index (χ1) is 7.03. The van der Waals surface area contributed by atoms with Gasteiger partial charge in [-0.3, -0.25) is 0 Å². The van der Waals surface area contributed by atoms with Crippen LogP contribution in [0.2, 0.25) is 0 Å². The average Bonchev–Trinajstić information content (AvgIpc) is 2.61. The number of nitrogens with two attached hydrogens (primary N) is 1. The van der Waals surface area contributed by atoms with Crippen molar-refractivity contribution in [3.8, 4) is 0 Å². The molecule has 0 aliphatic heterocycles. The molecule has 0 aliphatic rings. The van der Waals surface area contributed by atoms with Crippen LogP contribution in [0.5, 0.6) is 0 Å². The fraction of sp³-hybridized carbons (Fsp3) is 0.400. The van der Waals surface area contributed by atoms with E-state index in [4.69, 9.17) is 5.73 Å². The van der Waals surface area contributed by atoms with Crippen molar-refractivity contribution in [1.82, 2.24) is 14.6 Å². The van der Waals surface area contributed by atoms with Gasteiger partial charge in [-0.2, -0.15) is 5.10 Å². The lowest BCUT2D eigenvalue weighted by Crippen LogP contribution is -2.29. The molecule has 2 aromatic rings. The predicted molar refractivity (Wildman–Crippen MR) is 62.8 cm³/mol. The molecule has 0 unspecified atom stereocenters. The Morgan fingerprint density at radius 3 is 2.87 bits per heavy atom. The van der Waals surface area contributed by atoms with E-state index in [-0.39, 0.29) is 5.41 Å². The lowest BCUT2D eigenvalue weighted by Gasteiger charge is -2.16. The van der Waals surface area contributed by atoms with Crippen molar-refractivity contribution in [1.29, 1.82) is 0 Å². The number of nitrogens with zero attached hydrogens (tertiary/aromatic N) is 3. The third-order valence-electron chi connectivity index (χ3n) is 2.41. The van der Waals surface area contributed by atoms with Crippen molar-refractivity contribution < 1.29 is 0 Å². The zero-order chi connectivity index (χ0) is 11.1. The molecule has 0 bridgehead atoms. The summed E-state index contributed by atoms with van der Waals surface area (Å²) in [5.74, 6) is 0.781. The maximum Gasteiger partial charge on any atom is 0.158 e. The SMILES string of the molecule is CC(C)(CN)c1nc2ccc(Br)cn2n1. The Morgan fingerprint density at radius 2 is 2.20 bits per heavy atom. The van der Waals surface area contributed by atoms with Crippen molar-refractivity contribution in [2.24, 2.45) is 5.73 Å². The average molecular weight is 269 g/mol. The van der Waals surface area contributed by atoms with Gasteiger partial charge < -0.3 is 5.73 Å². The predicted octanol–water partition coefficient (Wildman–Crippen LogP) is 1.73. The first-order valence-corrected chi connectivity index (χ1v) is 5.55. The van der Waals surface area contributed by atoms with Gasteiger partial charge in [-0.1, -0.05) is 13.8 Å². The Labute approximate surface area is 96.6 Å². The van der Waals surface area contributed by atoms with Crippen molar-refractivity contribution >= 4 is 21.6 Å². The van der Waals surface area contributed by atoms with E-state index < -0.39 is 0 Å². The maximum absolute atomic E-state index is 5.69. The van der Waals surface area contributed by atoms with Crippen LogP contribution in [0.15, 0.2) is 22.8 Å². The van der Waals surface area contributed by atoms with Crippen LogP contribution < -0.4 is 5.73 Å². The molecule has 0 spiro atoms. The fourth-order valence-corrected chi connectivity index (χ4v) is 1.56. The molecule has 0 atom stereocenters. The lowest BCUT2D eigenvalue weighted by atomic mass is 9.93. The molecule has 0 amide bonds. The van der Waals surface area contributed by atoms with Crippen molar-refractivity contribution in [2.75, 3.05) is 6.54 Å². The van der Waals surface area contributed by atoms with Crippen LogP contribution in [-0.2, 0) is 5.41 Å². The second-order valence-corrected chi connectivity index (χ2v) is 5.09. The van der Waals surface area contributed by atoms with E-state index in [1.54, 1.807) is 4.52 Å². The largest absolute Gasteiger partial charge is 0.329 e. The summed E-state index contributed by atoms with van der Waals surface area (Å²) in [4.78, 5) is 4.45. The fourth-order valence-electron chi connectivity index (χ4n) is 1.24. The quantitative estimate of drug-likeness (QED) is 0.903. The van der Waals surface area contributed by atoms with Crippen molar-refractivity contribution in [2.45, 2.75) is 19.3 Å². The monoisotopic (exact) mass is 268 g/mol. The summed E-state index contributed by atoms with van der Waals surface area (Å²) < 4.78 is 2.74. The molecule has 2 N–H and O–H groups in total. The molecule has 2 rings (SSSR count). The Morgan fingerprint density at radius 1 is 1.47 bits per heavy atom. The minimum Gasteiger partial charge on any atom is -0.329 e. The van der Waals surface area contributed by atoms with Crippen LogP contribution in [0.25, 0.3) is 5.65 Å². The summed E-state index contributed by atoms with van der Waals surface area (Å²) >= 11 is 3.40. The van der Waals surface area contributed by atoms with Crippen LogP contribution in [-0.4, -0.2) is 21.1 Å².